The van der Waals surface area contributed by atoms with Crippen LogP contribution in [-0.4, -0.2) is 5.91 Å². The first-order valence-corrected chi connectivity index (χ1v) is 12.7. The molecule has 1 aromatic heterocycles. The van der Waals surface area contributed by atoms with Crippen LogP contribution < -0.4 is 15.4 Å². The Labute approximate surface area is 204 Å². The van der Waals surface area contributed by atoms with Gasteiger partial charge in [0.1, 0.15) is 23.5 Å². The molecule has 0 fully saturated rings. The summed E-state index contributed by atoms with van der Waals surface area (Å²) in [4.78, 5) is 14.4. The van der Waals surface area contributed by atoms with Crippen LogP contribution >= 0.6 is 22.9 Å². The number of hydrogen-bond donors (Lipinski definition) is 2. The number of benzene rings is 2. The fourth-order valence-corrected chi connectivity index (χ4v) is 6.28. The number of anilines is 1. The molecule has 33 heavy (non-hydrogen) atoms. The molecule has 5 rings (SSSR count). The van der Waals surface area contributed by atoms with Crippen molar-refractivity contribution in [2.75, 3.05) is 5.32 Å². The fraction of sp³-hybridized carbons (Fsp3) is 0.370. The average molecular weight is 481 g/mol. The molecule has 0 unspecified atom stereocenters. The largest absolute Gasteiger partial charge is 0.489 e. The standard InChI is InChI=1S/C27H29ClN2O2S/c1-27(2,3)18-10-13-20-22(14-18)33-26-23(20)25(31)29-24(30-26)16-8-11-19(12-9-16)32-15-17-6-4-5-7-21(17)28/h4-9,11-12,18,24,30H,10,13-15H2,1-3H3,(H,29,31)/t18-,24-/m1/s1. The molecular formula is C27H29ClN2O2S. The number of carbonyl (C=O) groups excluding carboxylic acids is 1. The lowest BCUT2D eigenvalue weighted by Crippen LogP contribution is -2.38. The lowest BCUT2D eigenvalue weighted by Gasteiger charge is -2.34. The maximum atomic E-state index is 13.1. The molecule has 1 aliphatic heterocycles. The molecule has 2 atom stereocenters. The molecule has 0 bridgehead atoms. The Morgan fingerprint density at radius 3 is 2.58 bits per heavy atom. The second-order valence-electron chi connectivity index (χ2n) is 10.0. The molecule has 1 aliphatic carbocycles. The summed E-state index contributed by atoms with van der Waals surface area (Å²) in [7, 11) is 0. The first-order chi connectivity index (χ1) is 15.8. The van der Waals surface area contributed by atoms with Gasteiger partial charge in [0.2, 0.25) is 0 Å². The molecule has 0 spiro atoms. The van der Waals surface area contributed by atoms with E-state index < -0.39 is 0 Å². The molecule has 172 valence electrons. The average Bonchev–Trinajstić information content (AvgIpc) is 3.16. The smallest absolute Gasteiger partial charge is 0.256 e. The summed E-state index contributed by atoms with van der Waals surface area (Å²) >= 11 is 7.97. The number of carbonyl (C=O) groups is 1. The predicted octanol–water partition coefficient (Wildman–Crippen LogP) is 6.99. The van der Waals surface area contributed by atoms with Gasteiger partial charge in [0.25, 0.3) is 5.91 Å². The third-order valence-electron chi connectivity index (χ3n) is 6.83. The van der Waals surface area contributed by atoms with Gasteiger partial charge in [0.05, 0.1) is 5.56 Å². The van der Waals surface area contributed by atoms with Crippen LogP contribution in [0.3, 0.4) is 0 Å². The third-order valence-corrected chi connectivity index (χ3v) is 8.39. The number of ether oxygens (including phenoxy) is 1. The minimum Gasteiger partial charge on any atom is -0.489 e. The first-order valence-electron chi connectivity index (χ1n) is 11.5. The van der Waals surface area contributed by atoms with Gasteiger partial charge in [-0.2, -0.15) is 0 Å². The van der Waals surface area contributed by atoms with Crippen LogP contribution in [0.5, 0.6) is 5.75 Å². The molecule has 2 aliphatic rings. The molecule has 3 aromatic rings. The Morgan fingerprint density at radius 1 is 1.09 bits per heavy atom. The van der Waals surface area contributed by atoms with Gasteiger partial charge in [0.15, 0.2) is 0 Å². The summed E-state index contributed by atoms with van der Waals surface area (Å²) < 4.78 is 5.89. The van der Waals surface area contributed by atoms with Crippen LogP contribution in [0.15, 0.2) is 48.5 Å². The van der Waals surface area contributed by atoms with Gasteiger partial charge >= 0.3 is 0 Å². The maximum absolute atomic E-state index is 13.1. The van der Waals surface area contributed by atoms with Gasteiger partial charge < -0.3 is 15.4 Å². The molecule has 2 heterocycles. The van der Waals surface area contributed by atoms with Gasteiger partial charge in [0, 0.05) is 15.5 Å². The van der Waals surface area contributed by atoms with Crippen LogP contribution in [0.1, 0.15) is 65.3 Å². The number of amides is 1. The third kappa shape index (κ3) is 4.49. The molecule has 4 nitrogen and oxygen atoms in total. The molecule has 0 saturated heterocycles. The van der Waals surface area contributed by atoms with E-state index >= 15 is 0 Å². The van der Waals surface area contributed by atoms with Gasteiger partial charge in [-0.15, -0.1) is 11.3 Å². The normalized spacial score (nSPS) is 19.8. The Balaban J connectivity index is 1.29. The monoisotopic (exact) mass is 480 g/mol. The molecule has 2 aromatic carbocycles. The summed E-state index contributed by atoms with van der Waals surface area (Å²) in [5.74, 6) is 1.45. The van der Waals surface area contributed by atoms with E-state index in [4.69, 9.17) is 16.3 Å². The lowest BCUT2D eigenvalue weighted by molar-refractivity contribution is 0.0935. The van der Waals surface area contributed by atoms with Gasteiger partial charge in [-0.3, -0.25) is 4.79 Å². The minimum absolute atomic E-state index is 0.0273. The second kappa shape index (κ2) is 8.69. The van der Waals surface area contributed by atoms with E-state index in [-0.39, 0.29) is 17.5 Å². The predicted molar refractivity (Wildman–Crippen MR) is 135 cm³/mol. The Bertz CT molecular complexity index is 1180. The Hall–Kier alpha value is -2.50. The zero-order valence-corrected chi connectivity index (χ0v) is 20.8. The van der Waals surface area contributed by atoms with Crippen molar-refractivity contribution in [1.29, 1.82) is 0 Å². The topological polar surface area (TPSA) is 50.4 Å². The van der Waals surface area contributed by atoms with Crippen LogP contribution in [0.4, 0.5) is 5.00 Å². The maximum Gasteiger partial charge on any atom is 0.256 e. The number of hydrogen-bond acceptors (Lipinski definition) is 4. The Morgan fingerprint density at radius 2 is 1.85 bits per heavy atom. The quantitative estimate of drug-likeness (QED) is 0.423. The fourth-order valence-electron chi connectivity index (χ4n) is 4.74. The molecule has 0 radical (unpaired) electrons. The highest BCUT2D eigenvalue weighted by atomic mass is 35.5. The van der Waals surface area contributed by atoms with Crippen molar-refractivity contribution in [2.24, 2.45) is 11.3 Å². The highest BCUT2D eigenvalue weighted by molar-refractivity contribution is 7.16. The summed E-state index contributed by atoms with van der Waals surface area (Å²) in [5.41, 5.74) is 4.35. The zero-order chi connectivity index (χ0) is 23.2. The molecule has 0 saturated carbocycles. The second-order valence-corrected chi connectivity index (χ2v) is 11.5. The van der Waals surface area contributed by atoms with E-state index in [0.29, 0.717) is 17.5 Å². The van der Waals surface area contributed by atoms with E-state index in [2.05, 4.69) is 31.4 Å². The van der Waals surface area contributed by atoms with Crippen LogP contribution in [0.25, 0.3) is 0 Å². The molecular weight excluding hydrogens is 452 g/mol. The highest BCUT2D eigenvalue weighted by Crippen LogP contribution is 2.46. The minimum atomic E-state index is -0.249. The molecule has 2 N–H and O–H groups in total. The van der Waals surface area contributed by atoms with Gasteiger partial charge in [-0.05, 0) is 59.9 Å². The molecule has 6 heteroatoms. The summed E-state index contributed by atoms with van der Waals surface area (Å²) in [5, 5.41) is 8.42. The SMILES string of the molecule is CC(C)(C)[C@@H]1CCc2c(sc3c2C(=O)N[C@@H](c2ccc(OCc4ccccc4Cl)cc2)N3)C1. The molecule has 1 amide bonds. The van der Waals surface area contributed by atoms with Crippen molar-refractivity contribution in [2.45, 2.75) is 52.8 Å². The van der Waals surface area contributed by atoms with Crippen molar-refractivity contribution in [3.05, 3.63) is 80.7 Å². The van der Waals surface area contributed by atoms with E-state index in [1.54, 1.807) is 11.3 Å². The van der Waals surface area contributed by atoms with E-state index in [1.165, 1.54) is 10.4 Å². The van der Waals surface area contributed by atoms with Crippen molar-refractivity contribution >= 4 is 33.8 Å². The van der Waals surface area contributed by atoms with Gasteiger partial charge in [-0.1, -0.05) is 62.7 Å². The van der Waals surface area contributed by atoms with Crippen LogP contribution in [0, 0.1) is 11.3 Å². The Kier molecular flexibility index (Phi) is 5.87. The van der Waals surface area contributed by atoms with E-state index in [0.717, 1.165) is 46.7 Å². The number of halogens is 1. The number of thiophene rings is 1. The van der Waals surface area contributed by atoms with Crippen molar-refractivity contribution in [1.82, 2.24) is 5.32 Å². The first kappa shape index (κ1) is 22.3. The van der Waals surface area contributed by atoms with E-state index in [1.807, 2.05) is 48.5 Å². The lowest BCUT2D eigenvalue weighted by atomic mass is 9.72. The van der Waals surface area contributed by atoms with Gasteiger partial charge in [-0.25, -0.2) is 0 Å². The van der Waals surface area contributed by atoms with Crippen molar-refractivity contribution in [3.8, 4) is 5.75 Å². The summed E-state index contributed by atoms with van der Waals surface area (Å²) in [6, 6.07) is 15.5. The highest BCUT2D eigenvalue weighted by Gasteiger charge is 2.36. The van der Waals surface area contributed by atoms with Crippen LogP contribution in [-0.2, 0) is 19.4 Å². The number of nitrogens with one attached hydrogen (secondary N) is 2. The summed E-state index contributed by atoms with van der Waals surface area (Å²) in [6.07, 6.45) is 2.95. The van der Waals surface area contributed by atoms with Crippen LogP contribution in [0.2, 0.25) is 5.02 Å². The zero-order valence-electron chi connectivity index (χ0n) is 19.2. The number of rotatable bonds is 4. The number of fused-ring (bicyclic) bond motifs is 3. The van der Waals surface area contributed by atoms with Crippen molar-refractivity contribution in [3.63, 3.8) is 0 Å². The van der Waals surface area contributed by atoms with E-state index in [9.17, 15) is 4.79 Å². The van der Waals surface area contributed by atoms with Crippen molar-refractivity contribution < 1.29 is 9.53 Å². The summed E-state index contributed by atoms with van der Waals surface area (Å²) in [6.45, 7) is 7.37.